The van der Waals surface area contributed by atoms with Gasteiger partial charge in [-0.05, 0) is 56.9 Å². The van der Waals surface area contributed by atoms with E-state index in [0.717, 1.165) is 49.6 Å². The van der Waals surface area contributed by atoms with Crippen molar-refractivity contribution in [3.05, 3.63) is 42.5 Å². The number of ether oxygens (including phenoxy) is 1. The lowest BCUT2D eigenvalue weighted by molar-refractivity contribution is 0.155. The van der Waals surface area contributed by atoms with Crippen LogP contribution in [0, 0.1) is 6.92 Å². The number of piperidine rings is 1. The number of imidazole rings is 1. The summed E-state index contributed by atoms with van der Waals surface area (Å²) in [5.74, 6) is 1.80. The van der Waals surface area contributed by atoms with E-state index in [-0.39, 0.29) is 12.1 Å². The number of methoxy groups -OCH3 is 1. The SMILES string of the molecule is COc1ccc(NC(=O)N2CCCC[C@H]2CCn2ccnc2C)cc1. The number of anilines is 1. The standard InChI is InChI=1S/C19H26N4O2/c1-15-20-11-14-22(15)13-10-17-5-3-4-12-23(17)19(24)21-16-6-8-18(25-2)9-7-16/h6-9,11,14,17H,3-5,10,12-13H2,1-2H3,(H,21,24)/t17-/m0/s1. The number of likely N-dealkylation sites (tertiary alicyclic amines) is 1. The lowest BCUT2D eigenvalue weighted by Crippen LogP contribution is -2.46. The molecule has 0 aliphatic carbocycles. The predicted molar refractivity (Wildman–Crippen MR) is 97.9 cm³/mol. The number of aryl methyl sites for hydroxylation is 2. The summed E-state index contributed by atoms with van der Waals surface area (Å²) >= 11 is 0. The highest BCUT2D eigenvalue weighted by Crippen LogP contribution is 2.22. The molecule has 0 saturated carbocycles. The molecule has 2 heterocycles. The third-order valence-corrected chi connectivity index (χ3v) is 4.86. The second kappa shape index (κ2) is 8.05. The summed E-state index contributed by atoms with van der Waals surface area (Å²) in [6.07, 6.45) is 8.08. The first kappa shape index (κ1) is 17.3. The molecule has 1 aliphatic rings. The lowest BCUT2D eigenvalue weighted by Gasteiger charge is -2.36. The van der Waals surface area contributed by atoms with Crippen molar-refractivity contribution in [3.63, 3.8) is 0 Å². The number of hydrogen-bond donors (Lipinski definition) is 1. The summed E-state index contributed by atoms with van der Waals surface area (Å²) in [5, 5.41) is 3.01. The summed E-state index contributed by atoms with van der Waals surface area (Å²) in [4.78, 5) is 19.0. The third kappa shape index (κ3) is 4.32. The van der Waals surface area contributed by atoms with Crippen molar-refractivity contribution >= 4 is 11.7 Å². The molecule has 1 fully saturated rings. The van der Waals surface area contributed by atoms with Gasteiger partial charge in [0.1, 0.15) is 11.6 Å². The minimum Gasteiger partial charge on any atom is -0.497 e. The van der Waals surface area contributed by atoms with Crippen LogP contribution >= 0.6 is 0 Å². The molecule has 0 radical (unpaired) electrons. The van der Waals surface area contributed by atoms with Crippen molar-refractivity contribution in [3.8, 4) is 5.75 Å². The summed E-state index contributed by atoms with van der Waals surface area (Å²) in [6, 6.07) is 7.69. The molecule has 1 aromatic heterocycles. The van der Waals surface area contributed by atoms with Crippen LogP contribution in [0.3, 0.4) is 0 Å². The van der Waals surface area contributed by atoms with Crippen molar-refractivity contribution in [2.45, 2.75) is 45.2 Å². The monoisotopic (exact) mass is 342 g/mol. The molecular weight excluding hydrogens is 316 g/mol. The minimum absolute atomic E-state index is 0.0165. The molecule has 6 heteroatoms. The Morgan fingerprint density at radius 3 is 2.80 bits per heavy atom. The smallest absolute Gasteiger partial charge is 0.322 e. The zero-order valence-electron chi connectivity index (χ0n) is 14.9. The maximum Gasteiger partial charge on any atom is 0.322 e. The molecule has 25 heavy (non-hydrogen) atoms. The van der Waals surface area contributed by atoms with Gasteiger partial charge in [0.25, 0.3) is 0 Å². The van der Waals surface area contributed by atoms with Gasteiger partial charge in [-0.3, -0.25) is 0 Å². The van der Waals surface area contributed by atoms with Crippen molar-refractivity contribution in [1.82, 2.24) is 14.5 Å². The second-order valence-electron chi connectivity index (χ2n) is 6.46. The van der Waals surface area contributed by atoms with Crippen LogP contribution in [0.25, 0.3) is 0 Å². The Hall–Kier alpha value is -2.50. The maximum atomic E-state index is 12.7. The van der Waals surface area contributed by atoms with E-state index in [9.17, 15) is 4.79 Å². The molecule has 0 spiro atoms. The molecule has 2 aromatic rings. The van der Waals surface area contributed by atoms with Crippen LogP contribution in [0.4, 0.5) is 10.5 Å². The zero-order valence-corrected chi connectivity index (χ0v) is 14.9. The number of carbonyl (C=O) groups is 1. The van der Waals surface area contributed by atoms with Crippen LogP contribution in [-0.4, -0.2) is 40.2 Å². The fraction of sp³-hybridized carbons (Fsp3) is 0.474. The molecule has 0 unspecified atom stereocenters. The van der Waals surface area contributed by atoms with Crippen LogP contribution < -0.4 is 10.1 Å². The maximum absolute atomic E-state index is 12.7. The van der Waals surface area contributed by atoms with E-state index in [1.807, 2.05) is 48.5 Å². The van der Waals surface area contributed by atoms with Crippen molar-refractivity contribution < 1.29 is 9.53 Å². The quantitative estimate of drug-likeness (QED) is 0.902. The van der Waals surface area contributed by atoms with E-state index in [1.165, 1.54) is 6.42 Å². The van der Waals surface area contributed by atoms with E-state index in [0.29, 0.717) is 0 Å². The van der Waals surface area contributed by atoms with E-state index in [1.54, 1.807) is 7.11 Å². The first-order valence-corrected chi connectivity index (χ1v) is 8.87. The van der Waals surface area contributed by atoms with Gasteiger partial charge < -0.3 is 19.5 Å². The second-order valence-corrected chi connectivity index (χ2v) is 6.46. The van der Waals surface area contributed by atoms with Crippen LogP contribution in [0.5, 0.6) is 5.75 Å². The highest BCUT2D eigenvalue weighted by Gasteiger charge is 2.26. The van der Waals surface area contributed by atoms with Gasteiger partial charge in [-0.1, -0.05) is 0 Å². The normalized spacial score (nSPS) is 17.4. The van der Waals surface area contributed by atoms with Gasteiger partial charge >= 0.3 is 6.03 Å². The molecule has 134 valence electrons. The first-order chi connectivity index (χ1) is 12.2. The molecule has 2 amide bonds. The number of aromatic nitrogens is 2. The highest BCUT2D eigenvalue weighted by molar-refractivity contribution is 5.89. The minimum atomic E-state index is -0.0165. The Balaban J connectivity index is 1.60. The molecule has 3 rings (SSSR count). The molecular formula is C19H26N4O2. The van der Waals surface area contributed by atoms with Gasteiger partial charge in [0.15, 0.2) is 0 Å². The largest absolute Gasteiger partial charge is 0.497 e. The van der Waals surface area contributed by atoms with Gasteiger partial charge in [0, 0.05) is 37.2 Å². The number of hydrogen-bond acceptors (Lipinski definition) is 3. The number of benzene rings is 1. The highest BCUT2D eigenvalue weighted by atomic mass is 16.5. The fourth-order valence-electron chi connectivity index (χ4n) is 3.37. The molecule has 1 atom stereocenters. The van der Waals surface area contributed by atoms with Crippen LogP contribution in [0.2, 0.25) is 0 Å². The van der Waals surface area contributed by atoms with Crippen LogP contribution in [0.1, 0.15) is 31.5 Å². The fourth-order valence-corrected chi connectivity index (χ4v) is 3.37. The van der Waals surface area contributed by atoms with Crippen molar-refractivity contribution in [2.75, 3.05) is 19.0 Å². The first-order valence-electron chi connectivity index (χ1n) is 8.87. The predicted octanol–water partition coefficient (Wildman–Crippen LogP) is 3.68. The molecule has 1 N–H and O–H groups in total. The van der Waals surface area contributed by atoms with Gasteiger partial charge in [0.2, 0.25) is 0 Å². The Labute approximate surface area is 148 Å². The molecule has 1 saturated heterocycles. The lowest BCUT2D eigenvalue weighted by atomic mass is 9.99. The Morgan fingerprint density at radius 2 is 2.12 bits per heavy atom. The Kier molecular flexibility index (Phi) is 5.58. The number of urea groups is 1. The molecule has 1 aromatic carbocycles. The van der Waals surface area contributed by atoms with E-state index in [4.69, 9.17) is 4.74 Å². The van der Waals surface area contributed by atoms with Crippen molar-refractivity contribution in [2.24, 2.45) is 0 Å². The summed E-state index contributed by atoms with van der Waals surface area (Å²) < 4.78 is 7.30. The summed E-state index contributed by atoms with van der Waals surface area (Å²) in [7, 11) is 1.63. The average Bonchev–Trinajstić information content (AvgIpc) is 3.05. The van der Waals surface area contributed by atoms with Crippen molar-refractivity contribution in [1.29, 1.82) is 0 Å². The average molecular weight is 342 g/mol. The van der Waals surface area contributed by atoms with Crippen LogP contribution in [-0.2, 0) is 6.54 Å². The van der Waals surface area contributed by atoms with Gasteiger partial charge in [0.05, 0.1) is 7.11 Å². The van der Waals surface area contributed by atoms with Gasteiger partial charge in [-0.25, -0.2) is 9.78 Å². The van der Waals surface area contributed by atoms with E-state index in [2.05, 4.69) is 14.9 Å². The zero-order chi connectivity index (χ0) is 17.6. The van der Waals surface area contributed by atoms with E-state index < -0.39 is 0 Å². The van der Waals surface area contributed by atoms with Gasteiger partial charge in [-0.2, -0.15) is 0 Å². The molecule has 6 nitrogen and oxygen atoms in total. The third-order valence-electron chi connectivity index (χ3n) is 4.86. The van der Waals surface area contributed by atoms with E-state index >= 15 is 0 Å². The van der Waals surface area contributed by atoms with Crippen LogP contribution in [0.15, 0.2) is 36.7 Å². The number of nitrogens with one attached hydrogen (secondary N) is 1. The number of nitrogens with zero attached hydrogens (tertiary/aromatic N) is 3. The van der Waals surface area contributed by atoms with Gasteiger partial charge in [-0.15, -0.1) is 0 Å². The summed E-state index contributed by atoms with van der Waals surface area (Å²) in [6.45, 7) is 3.72. The molecule has 1 aliphatic heterocycles. The molecule has 0 bridgehead atoms. The number of amides is 2. The number of carbonyl (C=O) groups excluding carboxylic acids is 1. The summed E-state index contributed by atoms with van der Waals surface area (Å²) in [5.41, 5.74) is 0.792. The topological polar surface area (TPSA) is 59.4 Å². The number of rotatable bonds is 5. The Morgan fingerprint density at radius 1 is 1.32 bits per heavy atom. The Bertz CT molecular complexity index is 696.